The van der Waals surface area contributed by atoms with Gasteiger partial charge in [0, 0.05) is 33.1 Å². The van der Waals surface area contributed by atoms with Crippen molar-refractivity contribution in [1.29, 1.82) is 0 Å². The van der Waals surface area contributed by atoms with E-state index < -0.39 is 0 Å². The number of hydrogen-bond donors (Lipinski definition) is 0. The molecule has 2 nitrogen and oxygen atoms in total. The molecule has 1 atom stereocenters. The van der Waals surface area contributed by atoms with Crippen molar-refractivity contribution in [2.24, 2.45) is 0 Å². The van der Waals surface area contributed by atoms with Crippen molar-refractivity contribution in [3.8, 4) is 33.4 Å². The summed E-state index contributed by atoms with van der Waals surface area (Å²) in [6, 6.07) is 72.0. The summed E-state index contributed by atoms with van der Waals surface area (Å²) in [4.78, 5) is 2.48. The number of furan rings is 1. The molecule has 0 radical (unpaired) electrons. The Morgan fingerprint density at radius 1 is 0.422 bits per heavy atom. The minimum Gasteiger partial charge on any atom is -0.456 e. The number of hydrogen-bond acceptors (Lipinski definition) is 2. The van der Waals surface area contributed by atoms with E-state index in [2.05, 4.69) is 241 Å². The number of para-hydroxylation sites is 2. The predicted molar refractivity (Wildman–Crippen MR) is 272 cm³/mol. The first-order valence-electron chi connectivity index (χ1n) is 22.7. The van der Waals surface area contributed by atoms with Crippen LogP contribution in [0.2, 0.25) is 0 Å². The van der Waals surface area contributed by atoms with Gasteiger partial charge in [0.1, 0.15) is 11.2 Å². The van der Waals surface area contributed by atoms with Gasteiger partial charge in [-0.2, -0.15) is 0 Å². The van der Waals surface area contributed by atoms with E-state index >= 15 is 0 Å². The average Bonchev–Trinajstić information content (AvgIpc) is 3.81. The minimum atomic E-state index is -0.350. The van der Waals surface area contributed by atoms with Crippen LogP contribution in [0.1, 0.15) is 76.3 Å². The number of nitrogens with zero attached hydrogens (tertiary/aromatic N) is 1. The van der Waals surface area contributed by atoms with Gasteiger partial charge in [0.25, 0.3) is 0 Å². The summed E-state index contributed by atoms with van der Waals surface area (Å²) in [5, 5.41) is 4.68. The molecular formula is C62H53NO. The maximum absolute atomic E-state index is 6.41. The number of benzene rings is 9. The summed E-state index contributed by atoms with van der Waals surface area (Å²) in [7, 11) is 0. The van der Waals surface area contributed by atoms with Crippen LogP contribution in [-0.4, -0.2) is 0 Å². The van der Waals surface area contributed by atoms with Crippen molar-refractivity contribution >= 4 is 49.8 Å². The smallest absolute Gasteiger partial charge is 0.135 e. The highest BCUT2D eigenvalue weighted by Crippen LogP contribution is 2.55. The van der Waals surface area contributed by atoms with E-state index in [4.69, 9.17) is 4.42 Å². The Bertz CT molecular complexity index is 3390. The fourth-order valence-corrected chi connectivity index (χ4v) is 10.3. The van der Waals surface area contributed by atoms with Gasteiger partial charge >= 0.3 is 0 Å². The first-order valence-corrected chi connectivity index (χ1v) is 22.7. The van der Waals surface area contributed by atoms with E-state index in [9.17, 15) is 0 Å². The normalized spacial score (nSPS) is 14.9. The molecule has 1 aromatic heterocycles. The third-order valence-electron chi connectivity index (χ3n) is 13.8. The topological polar surface area (TPSA) is 16.4 Å². The van der Waals surface area contributed by atoms with Gasteiger partial charge in [-0.05, 0) is 127 Å². The highest BCUT2D eigenvalue weighted by Gasteiger charge is 2.41. The Kier molecular flexibility index (Phi) is 9.12. The molecule has 1 aliphatic carbocycles. The molecule has 0 fully saturated rings. The van der Waals surface area contributed by atoms with Crippen molar-refractivity contribution < 1.29 is 4.42 Å². The van der Waals surface area contributed by atoms with Gasteiger partial charge in [-0.1, -0.05) is 193 Å². The van der Waals surface area contributed by atoms with Crippen molar-refractivity contribution in [1.82, 2.24) is 0 Å². The van der Waals surface area contributed by atoms with E-state index in [1.165, 1.54) is 66.4 Å². The lowest BCUT2D eigenvalue weighted by molar-refractivity contribution is 0.569. The van der Waals surface area contributed by atoms with Gasteiger partial charge in [0.05, 0.1) is 5.69 Å². The first-order chi connectivity index (χ1) is 30.9. The Balaban J connectivity index is 1.18. The molecular weight excluding hydrogens is 775 g/mol. The fraction of sp³-hybridized carbons (Fsp3) is 0.161. The second-order valence-electron chi connectivity index (χ2n) is 19.9. The summed E-state index contributed by atoms with van der Waals surface area (Å²) in [5.74, 6) is 0. The van der Waals surface area contributed by atoms with Crippen LogP contribution in [-0.2, 0) is 16.2 Å². The average molecular weight is 828 g/mol. The molecule has 0 aliphatic heterocycles. The van der Waals surface area contributed by atoms with Crippen LogP contribution >= 0.6 is 0 Å². The molecule has 0 saturated carbocycles. The maximum Gasteiger partial charge on any atom is 0.135 e. The first kappa shape index (κ1) is 39.7. The van der Waals surface area contributed by atoms with E-state index in [1.807, 2.05) is 6.07 Å². The van der Waals surface area contributed by atoms with Gasteiger partial charge in [0.15, 0.2) is 0 Å². The van der Waals surface area contributed by atoms with Gasteiger partial charge in [-0.25, -0.2) is 0 Å². The van der Waals surface area contributed by atoms with Crippen LogP contribution in [0.5, 0.6) is 0 Å². The predicted octanol–water partition coefficient (Wildman–Crippen LogP) is 17.5. The molecule has 64 heavy (non-hydrogen) atoms. The third-order valence-corrected chi connectivity index (χ3v) is 13.8. The lowest BCUT2D eigenvalue weighted by atomic mass is 9.74. The maximum atomic E-state index is 6.41. The van der Waals surface area contributed by atoms with Gasteiger partial charge in [0.2, 0.25) is 0 Å². The van der Waals surface area contributed by atoms with Crippen LogP contribution in [0, 0.1) is 0 Å². The highest BCUT2D eigenvalue weighted by molar-refractivity contribution is 6.10. The van der Waals surface area contributed by atoms with Crippen LogP contribution in [0.3, 0.4) is 0 Å². The van der Waals surface area contributed by atoms with Crippen molar-refractivity contribution in [2.75, 3.05) is 4.90 Å². The summed E-state index contributed by atoms with van der Waals surface area (Å²) in [6.45, 7) is 16.3. The molecule has 0 saturated heterocycles. The van der Waals surface area contributed by atoms with Crippen molar-refractivity contribution in [3.05, 3.63) is 222 Å². The standard InChI is InChI=1S/C62H53NO/c1-60(2,3)43-35-41(36-44(37-43)61(4,5)6)47-26-17-19-40-20-18-27-52(59(40)47)50-24-12-15-29-56(50)63(45-32-34-58-53(38-45)51-25-13-16-30-57(51)64-58)46-31-33-49-48-23-11-14-28-54(48)62(7,55(49)39-46)42-21-9-8-10-22-42/h8-39H,1-7H3. The van der Waals surface area contributed by atoms with Crippen LogP contribution in [0.25, 0.3) is 66.1 Å². The molecule has 9 aromatic carbocycles. The van der Waals surface area contributed by atoms with Crippen molar-refractivity contribution in [2.45, 2.75) is 64.7 Å². The number of anilines is 3. The van der Waals surface area contributed by atoms with E-state index in [0.717, 1.165) is 44.6 Å². The van der Waals surface area contributed by atoms with Crippen LogP contribution in [0.4, 0.5) is 17.1 Å². The van der Waals surface area contributed by atoms with Crippen LogP contribution in [0.15, 0.2) is 199 Å². The van der Waals surface area contributed by atoms with Gasteiger partial charge in [-0.15, -0.1) is 0 Å². The SMILES string of the molecule is CC(C)(C)c1cc(-c2cccc3cccc(-c4ccccc4N(c4ccc5c(c4)C(C)(c4ccccc4)c4ccccc4-5)c4ccc5oc6ccccc6c5c4)c23)cc(C(C)(C)C)c1. The van der Waals surface area contributed by atoms with E-state index in [0.29, 0.717) is 0 Å². The highest BCUT2D eigenvalue weighted by atomic mass is 16.3. The molecule has 312 valence electrons. The largest absolute Gasteiger partial charge is 0.456 e. The van der Waals surface area contributed by atoms with Crippen molar-refractivity contribution in [3.63, 3.8) is 0 Å². The second-order valence-corrected chi connectivity index (χ2v) is 19.9. The number of fused-ring (bicyclic) bond motifs is 7. The summed E-state index contributed by atoms with van der Waals surface area (Å²) < 4.78 is 6.41. The second kappa shape index (κ2) is 14.7. The fourth-order valence-electron chi connectivity index (χ4n) is 10.3. The van der Waals surface area contributed by atoms with Gasteiger partial charge in [-0.3, -0.25) is 0 Å². The number of rotatable bonds is 6. The molecule has 0 amide bonds. The molecule has 0 bridgehead atoms. The van der Waals surface area contributed by atoms with E-state index in [1.54, 1.807) is 0 Å². The molecule has 2 heteroatoms. The zero-order chi connectivity index (χ0) is 44.0. The Hall–Kier alpha value is -7.16. The third kappa shape index (κ3) is 6.38. The molecule has 0 N–H and O–H groups in total. The Morgan fingerprint density at radius 3 is 1.75 bits per heavy atom. The Morgan fingerprint density at radius 2 is 1.00 bits per heavy atom. The zero-order valence-electron chi connectivity index (χ0n) is 37.8. The zero-order valence-corrected chi connectivity index (χ0v) is 37.8. The van der Waals surface area contributed by atoms with E-state index in [-0.39, 0.29) is 16.2 Å². The molecule has 10 aromatic rings. The molecule has 1 unspecified atom stereocenters. The quantitative estimate of drug-likeness (QED) is 0.166. The Labute approximate surface area is 377 Å². The summed E-state index contributed by atoms with van der Waals surface area (Å²) >= 11 is 0. The van der Waals surface area contributed by atoms with Crippen LogP contribution < -0.4 is 4.90 Å². The van der Waals surface area contributed by atoms with Gasteiger partial charge < -0.3 is 9.32 Å². The lowest BCUT2D eigenvalue weighted by Crippen LogP contribution is -2.22. The minimum absolute atomic E-state index is 0.00818. The molecule has 1 aliphatic rings. The molecule has 11 rings (SSSR count). The molecule has 1 heterocycles. The summed E-state index contributed by atoms with van der Waals surface area (Å²) in [5.41, 5.74) is 18.7. The lowest BCUT2D eigenvalue weighted by Gasteiger charge is -2.32. The summed E-state index contributed by atoms with van der Waals surface area (Å²) in [6.07, 6.45) is 0. The molecule has 0 spiro atoms. The monoisotopic (exact) mass is 827 g/mol.